The van der Waals surface area contributed by atoms with Crippen molar-refractivity contribution in [1.29, 1.82) is 0 Å². The van der Waals surface area contributed by atoms with Gasteiger partial charge in [0.1, 0.15) is 6.33 Å². The van der Waals surface area contributed by atoms with E-state index in [4.69, 9.17) is 5.14 Å². The van der Waals surface area contributed by atoms with E-state index in [1.165, 1.54) is 30.6 Å². The Labute approximate surface area is 173 Å². The van der Waals surface area contributed by atoms with Gasteiger partial charge >= 0.3 is 0 Å². The minimum Gasteiger partial charge on any atom is -0.351 e. The lowest BCUT2D eigenvalue weighted by Gasteiger charge is -2.36. The highest BCUT2D eigenvalue weighted by molar-refractivity contribution is 7.89. The number of amides is 1. The number of nitrogens with one attached hydrogen (secondary N) is 2. The Hall–Kier alpha value is -3.25. The summed E-state index contributed by atoms with van der Waals surface area (Å²) in [4.78, 5) is 17.5. The van der Waals surface area contributed by atoms with E-state index >= 15 is 0 Å². The van der Waals surface area contributed by atoms with Crippen LogP contribution in [0.3, 0.4) is 0 Å². The van der Waals surface area contributed by atoms with Crippen LogP contribution in [0.4, 0.5) is 11.6 Å². The topological polar surface area (TPSA) is 150 Å². The molecule has 1 aliphatic heterocycles. The van der Waals surface area contributed by atoms with E-state index in [2.05, 4.69) is 25.8 Å². The molecule has 4 N–H and O–H groups in total. The van der Waals surface area contributed by atoms with Crippen LogP contribution in [0.2, 0.25) is 0 Å². The molecule has 0 aliphatic carbocycles. The number of rotatable bonds is 4. The number of sulfonamides is 1. The lowest BCUT2D eigenvalue weighted by molar-refractivity contribution is -0.121. The molecule has 3 heterocycles. The average molecular weight is 430 g/mol. The number of aryl methyl sites for hydroxylation is 2. The van der Waals surface area contributed by atoms with Gasteiger partial charge in [-0.1, -0.05) is 0 Å². The predicted molar refractivity (Wildman–Crippen MR) is 109 cm³/mol. The van der Waals surface area contributed by atoms with E-state index in [0.717, 1.165) is 11.3 Å². The molecule has 30 heavy (non-hydrogen) atoms. The molecule has 0 unspecified atom stereocenters. The van der Waals surface area contributed by atoms with Crippen LogP contribution >= 0.6 is 0 Å². The van der Waals surface area contributed by atoms with Crippen molar-refractivity contribution in [2.75, 3.05) is 10.6 Å². The molecule has 0 saturated carbocycles. The second-order valence-electron chi connectivity index (χ2n) is 7.33. The third-order valence-electron chi connectivity index (χ3n) is 5.20. The van der Waals surface area contributed by atoms with Gasteiger partial charge in [-0.05, 0) is 38.1 Å². The minimum absolute atomic E-state index is 0.0238. The minimum atomic E-state index is -3.80. The Morgan fingerprint density at radius 1 is 1.27 bits per heavy atom. The number of hydrogen-bond acceptors (Lipinski definition) is 7. The van der Waals surface area contributed by atoms with E-state index in [0.29, 0.717) is 11.6 Å². The molecule has 1 amide bonds. The maximum atomic E-state index is 13.3. The summed E-state index contributed by atoms with van der Waals surface area (Å²) in [7, 11) is -1.98. The summed E-state index contributed by atoms with van der Waals surface area (Å²) in [5.41, 5.74) is 2.14. The number of nitrogens with two attached hydrogens (primary N) is 1. The molecule has 0 radical (unpaired) electrons. The smallest absolute Gasteiger partial charge is 0.238 e. The average Bonchev–Trinajstić information content (AvgIpc) is 3.25. The monoisotopic (exact) mass is 430 g/mol. The second-order valence-corrected chi connectivity index (χ2v) is 8.90. The molecule has 2 aromatic heterocycles. The molecular weight excluding hydrogens is 408 g/mol. The van der Waals surface area contributed by atoms with Gasteiger partial charge in [-0.3, -0.25) is 9.48 Å². The van der Waals surface area contributed by atoms with Crippen molar-refractivity contribution in [2.24, 2.45) is 18.1 Å². The van der Waals surface area contributed by atoms with Gasteiger partial charge in [-0.2, -0.15) is 15.2 Å². The Bertz CT molecular complexity index is 1200. The van der Waals surface area contributed by atoms with E-state index < -0.39 is 22.0 Å². The third kappa shape index (κ3) is 3.55. The Morgan fingerprint density at radius 2 is 1.97 bits per heavy atom. The van der Waals surface area contributed by atoms with E-state index in [1.54, 1.807) is 9.36 Å². The highest BCUT2D eigenvalue weighted by atomic mass is 32.2. The van der Waals surface area contributed by atoms with Gasteiger partial charge in [0.25, 0.3) is 0 Å². The van der Waals surface area contributed by atoms with Crippen molar-refractivity contribution in [1.82, 2.24) is 24.5 Å². The summed E-state index contributed by atoms with van der Waals surface area (Å²) in [5, 5.41) is 20.0. The number of aromatic nitrogens is 5. The van der Waals surface area contributed by atoms with Crippen molar-refractivity contribution in [2.45, 2.75) is 30.8 Å². The SMILES string of the molecule is Cc1nn(C)cc1[C@@H]1[C@@H](C(=O)Nc2ccc(S(N)(=O)=O)cc2)[C@H](C)Nc2ncnn21. The molecule has 158 valence electrons. The summed E-state index contributed by atoms with van der Waals surface area (Å²) in [6.07, 6.45) is 3.32. The fourth-order valence-electron chi connectivity index (χ4n) is 3.83. The molecule has 11 nitrogen and oxygen atoms in total. The van der Waals surface area contributed by atoms with Crippen LogP contribution in [0.5, 0.6) is 0 Å². The zero-order valence-electron chi connectivity index (χ0n) is 16.6. The summed E-state index contributed by atoms with van der Waals surface area (Å²) in [6.45, 7) is 3.80. The van der Waals surface area contributed by atoms with Crippen LogP contribution in [0, 0.1) is 12.8 Å². The number of anilines is 2. The first-order chi connectivity index (χ1) is 14.1. The highest BCUT2D eigenvalue weighted by Crippen LogP contribution is 2.37. The van der Waals surface area contributed by atoms with Crippen molar-refractivity contribution in [3.63, 3.8) is 0 Å². The second kappa shape index (κ2) is 7.22. The third-order valence-corrected chi connectivity index (χ3v) is 6.12. The molecule has 0 fully saturated rings. The van der Waals surface area contributed by atoms with Crippen LogP contribution in [0.15, 0.2) is 41.7 Å². The van der Waals surface area contributed by atoms with Crippen LogP contribution in [0.25, 0.3) is 0 Å². The van der Waals surface area contributed by atoms with Gasteiger partial charge < -0.3 is 10.6 Å². The van der Waals surface area contributed by atoms with Crippen LogP contribution < -0.4 is 15.8 Å². The number of nitrogens with zero attached hydrogens (tertiary/aromatic N) is 5. The maximum Gasteiger partial charge on any atom is 0.238 e. The Balaban J connectivity index is 1.68. The van der Waals surface area contributed by atoms with Gasteiger partial charge in [-0.15, -0.1) is 0 Å². The van der Waals surface area contributed by atoms with Gasteiger partial charge in [0.2, 0.25) is 21.9 Å². The number of carbonyl (C=O) groups excluding carboxylic acids is 1. The van der Waals surface area contributed by atoms with Gasteiger partial charge in [0.05, 0.1) is 22.5 Å². The molecule has 3 atom stereocenters. The number of fused-ring (bicyclic) bond motifs is 1. The number of hydrogen-bond donors (Lipinski definition) is 3. The lowest BCUT2D eigenvalue weighted by Crippen LogP contribution is -2.46. The Morgan fingerprint density at radius 3 is 2.57 bits per heavy atom. The highest BCUT2D eigenvalue weighted by Gasteiger charge is 2.42. The molecule has 0 bridgehead atoms. The van der Waals surface area contributed by atoms with E-state index in [-0.39, 0.29) is 16.8 Å². The normalized spacial score (nSPS) is 21.0. The summed E-state index contributed by atoms with van der Waals surface area (Å²) < 4.78 is 26.3. The fraction of sp³-hybridized carbons (Fsp3) is 0.333. The van der Waals surface area contributed by atoms with Crippen molar-refractivity contribution in [3.05, 3.63) is 48.0 Å². The molecule has 0 saturated heterocycles. The van der Waals surface area contributed by atoms with Crippen molar-refractivity contribution in [3.8, 4) is 0 Å². The molecular formula is C18H22N8O3S. The quantitative estimate of drug-likeness (QED) is 0.549. The number of primary sulfonamides is 1. The van der Waals surface area contributed by atoms with Crippen LogP contribution in [-0.2, 0) is 21.9 Å². The zero-order chi connectivity index (χ0) is 21.6. The summed E-state index contributed by atoms with van der Waals surface area (Å²) in [6, 6.07) is 5.07. The molecule has 3 aromatic rings. The first-order valence-electron chi connectivity index (χ1n) is 9.25. The first kappa shape index (κ1) is 20.0. The van der Waals surface area contributed by atoms with Gasteiger partial charge in [0, 0.05) is 30.5 Å². The van der Waals surface area contributed by atoms with E-state index in [1.807, 2.05) is 27.1 Å². The van der Waals surface area contributed by atoms with Gasteiger partial charge in [0.15, 0.2) is 0 Å². The number of benzene rings is 1. The van der Waals surface area contributed by atoms with Gasteiger partial charge in [-0.25, -0.2) is 18.2 Å². The Kier molecular flexibility index (Phi) is 4.82. The van der Waals surface area contributed by atoms with Crippen molar-refractivity contribution >= 4 is 27.6 Å². The zero-order valence-corrected chi connectivity index (χ0v) is 17.5. The first-order valence-corrected chi connectivity index (χ1v) is 10.8. The van der Waals surface area contributed by atoms with Crippen molar-refractivity contribution < 1.29 is 13.2 Å². The molecule has 0 spiro atoms. The van der Waals surface area contributed by atoms with E-state index in [9.17, 15) is 13.2 Å². The lowest BCUT2D eigenvalue weighted by atomic mass is 9.85. The van der Waals surface area contributed by atoms with Crippen LogP contribution in [0.1, 0.15) is 24.2 Å². The standard InChI is InChI=1S/C18H22N8O3S/c1-10-14(8-25(3)24-10)16-15(11(2)22-18-20-9-21-26(16)18)17(27)23-12-4-6-13(7-5-12)30(19,28)29/h4-9,11,15-16H,1-3H3,(H,23,27)(H2,19,28,29)(H,20,21,22)/t11-,15-,16+/m0/s1. The summed E-state index contributed by atoms with van der Waals surface area (Å²) in [5.74, 6) is -0.190. The van der Waals surface area contributed by atoms with Crippen LogP contribution in [-0.4, -0.2) is 44.9 Å². The number of carbonyl (C=O) groups is 1. The largest absolute Gasteiger partial charge is 0.351 e. The molecule has 4 rings (SSSR count). The molecule has 12 heteroatoms. The summed E-state index contributed by atoms with van der Waals surface area (Å²) >= 11 is 0. The molecule has 1 aromatic carbocycles. The fourth-order valence-corrected chi connectivity index (χ4v) is 4.35. The predicted octanol–water partition coefficient (Wildman–Crippen LogP) is 0.626. The molecule has 1 aliphatic rings. The maximum absolute atomic E-state index is 13.3.